The second kappa shape index (κ2) is 5.11. The Bertz CT molecular complexity index is 598. The van der Waals surface area contributed by atoms with E-state index in [4.69, 9.17) is 0 Å². The highest BCUT2D eigenvalue weighted by Gasteiger charge is 2.27. The predicted molar refractivity (Wildman–Crippen MR) is 71.2 cm³/mol. The first-order chi connectivity index (χ1) is 8.41. The Morgan fingerprint density at radius 2 is 2.11 bits per heavy atom. The van der Waals surface area contributed by atoms with Gasteiger partial charge in [-0.2, -0.15) is 4.31 Å². The summed E-state index contributed by atoms with van der Waals surface area (Å²) >= 11 is 3.10. The van der Waals surface area contributed by atoms with Gasteiger partial charge >= 0.3 is 0 Å². The molecule has 0 spiro atoms. The van der Waals surface area contributed by atoms with Gasteiger partial charge in [0.05, 0.1) is 4.90 Å². The Labute approximate surface area is 114 Å². The number of nitrogens with zero attached hydrogens (tertiary/aromatic N) is 1. The molecule has 0 N–H and O–H groups in total. The fourth-order valence-electron chi connectivity index (χ4n) is 1.79. The maximum atomic E-state index is 13.0. The maximum absolute atomic E-state index is 13.0. The smallest absolute Gasteiger partial charge is 0.207 e. The van der Waals surface area contributed by atoms with Crippen molar-refractivity contribution >= 4 is 26.0 Å². The molecule has 0 aliphatic carbocycles. The summed E-state index contributed by atoms with van der Waals surface area (Å²) < 4.78 is 39.4. The van der Waals surface area contributed by atoms with Gasteiger partial charge in [-0.15, -0.1) is 0 Å². The van der Waals surface area contributed by atoms with Crippen molar-refractivity contribution in [3.63, 3.8) is 0 Å². The van der Waals surface area contributed by atoms with Gasteiger partial charge in [0.1, 0.15) is 5.82 Å². The molecular weight excluding hydrogens is 321 g/mol. The lowest BCUT2D eigenvalue weighted by Gasteiger charge is -2.25. The second-order valence-corrected chi connectivity index (χ2v) is 7.00. The largest absolute Gasteiger partial charge is 0.244 e. The van der Waals surface area contributed by atoms with Crippen LogP contribution in [0.25, 0.3) is 0 Å². The lowest BCUT2D eigenvalue weighted by atomic mass is 10.1. The number of sulfonamides is 1. The second-order valence-electron chi connectivity index (χ2n) is 4.24. The van der Waals surface area contributed by atoms with Gasteiger partial charge in [-0.1, -0.05) is 11.6 Å². The molecule has 0 aromatic heterocycles. The third-order valence-electron chi connectivity index (χ3n) is 2.91. The topological polar surface area (TPSA) is 37.4 Å². The van der Waals surface area contributed by atoms with Crippen molar-refractivity contribution < 1.29 is 12.8 Å². The SMILES string of the molecule is CC1=CCN(S(=O)(=O)c2ccc(F)cc2Br)CC1. The van der Waals surface area contributed by atoms with E-state index in [-0.39, 0.29) is 9.37 Å². The van der Waals surface area contributed by atoms with E-state index in [1.54, 1.807) is 0 Å². The number of halogens is 2. The minimum atomic E-state index is -3.56. The number of hydrogen-bond donors (Lipinski definition) is 0. The molecule has 1 aromatic carbocycles. The van der Waals surface area contributed by atoms with Crippen molar-refractivity contribution in [1.29, 1.82) is 0 Å². The van der Waals surface area contributed by atoms with Gasteiger partial charge in [-0.05, 0) is 47.5 Å². The van der Waals surface area contributed by atoms with Gasteiger partial charge in [0.15, 0.2) is 0 Å². The Morgan fingerprint density at radius 3 is 2.67 bits per heavy atom. The van der Waals surface area contributed by atoms with E-state index in [0.717, 1.165) is 18.6 Å². The summed E-state index contributed by atoms with van der Waals surface area (Å²) in [6, 6.07) is 3.61. The van der Waals surface area contributed by atoms with Crippen LogP contribution < -0.4 is 0 Å². The van der Waals surface area contributed by atoms with Crippen molar-refractivity contribution in [3.05, 3.63) is 40.1 Å². The molecule has 0 fully saturated rings. The lowest BCUT2D eigenvalue weighted by Crippen LogP contribution is -2.34. The molecule has 98 valence electrons. The van der Waals surface area contributed by atoms with Crippen molar-refractivity contribution in [3.8, 4) is 0 Å². The molecule has 1 aliphatic rings. The first kappa shape index (κ1) is 13.7. The average Bonchev–Trinajstić information content (AvgIpc) is 2.29. The van der Waals surface area contributed by atoms with Crippen LogP contribution in [0.5, 0.6) is 0 Å². The van der Waals surface area contributed by atoms with Crippen LogP contribution in [-0.2, 0) is 10.0 Å². The standard InChI is InChI=1S/C12H13BrFNO2S/c1-9-4-6-15(7-5-9)18(16,17)12-3-2-10(14)8-11(12)13/h2-4,8H,5-7H2,1H3. The van der Waals surface area contributed by atoms with Crippen LogP contribution in [0.1, 0.15) is 13.3 Å². The van der Waals surface area contributed by atoms with Crippen LogP contribution in [0.15, 0.2) is 39.2 Å². The van der Waals surface area contributed by atoms with Gasteiger partial charge in [-0.3, -0.25) is 0 Å². The monoisotopic (exact) mass is 333 g/mol. The molecule has 2 rings (SSSR count). The third-order valence-corrected chi connectivity index (χ3v) is 5.75. The summed E-state index contributed by atoms with van der Waals surface area (Å²) in [5.41, 5.74) is 1.19. The molecule has 0 unspecified atom stereocenters. The predicted octanol–water partition coefficient (Wildman–Crippen LogP) is 2.93. The molecule has 0 saturated heterocycles. The molecule has 0 amide bonds. The van der Waals surface area contributed by atoms with Crippen LogP contribution >= 0.6 is 15.9 Å². The lowest BCUT2D eigenvalue weighted by molar-refractivity contribution is 0.431. The number of hydrogen-bond acceptors (Lipinski definition) is 2. The highest BCUT2D eigenvalue weighted by atomic mass is 79.9. The molecule has 0 saturated carbocycles. The molecule has 0 bridgehead atoms. The summed E-state index contributed by atoms with van der Waals surface area (Å²) in [6.45, 7) is 2.82. The van der Waals surface area contributed by atoms with E-state index in [1.165, 1.54) is 15.9 Å². The van der Waals surface area contributed by atoms with E-state index in [1.807, 2.05) is 13.0 Å². The van der Waals surface area contributed by atoms with Gasteiger partial charge in [-0.25, -0.2) is 12.8 Å². The highest BCUT2D eigenvalue weighted by molar-refractivity contribution is 9.10. The number of rotatable bonds is 2. The summed E-state index contributed by atoms with van der Waals surface area (Å²) in [5, 5.41) is 0. The molecule has 3 nitrogen and oxygen atoms in total. The van der Waals surface area contributed by atoms with Crippen molar-refractivity contribution in [2.75, 3.05) is 13.1 Å². The molecule has 0 radical (unpaired) electrons. The maximum Gasteiger partial charge on any atom is 0.244 e. The van der Waals surface area contributed by atoms with E-state index in [9.17, 15) is 12.8 Å². The zero-order chi connectivity index (χ0) is 13.3. The molecule has 18 heavy (non-hydrogen) atoms. The highest BCUT2D eigenvalue weighted by Crippen LogP contribution is 2.27. The van der Waals surface area contributed by atoms with Gasteiger partial charge in [0.25, 0.3) is 0 Å². The van der Waals surface area contributed by atoms with Crippen molar-refractivity contribution in [2.45, 2.75) is 18.2 Å². The molecule has 0 atom stereocenters. The van der Waals surface area contributed by atoms with E-state index >= 15 is 0 Å². The Morgan fingerprint density at radius 1 is 1.39 bits per heavy atom. The molecule has 1 aromatic rings. The third kappa shape index (κ3) is 2.65. The minimum Gasteiger partial charge on any atom is -0.207 e. The van der Waals surface area contributed by atoms with Crippen LogP contribution in [0.2, 0.25) is 0 Å². The minimum absolute atomic E-state index is 0.108. The van der Waals surface area contributed by atoms with Crippen molar-refractivity contribution in [2.24, 2.45) is 0 Å². The van der Waals surface area contributed by atoms with Crippen LogP contribution in [0.4, 0.5) is 4.39 Å². The van der Waals surface area contributed by atoms with Crippen molar-refractivity contribution in [1.82, 2.24) is 4.31 Å². The normalized spacial score (nSPS) is 17.6. The Hall–Kier alpha value is -0.720. The summed E-state index contributed by atoms with van der Waals surface area (Å²) in [7, 11) is -3.56. The molecular formula is C12H13BrFNO2S. The van der Waals surface area contributed by atoms with Crippen LogP contribution in [-0.4, -0.2) is 25.8 Å². The Kier molecular flexibility index (Phi) is 3.89. The average molecular weight is 334 g/mol. The number of benzene rings is 1. The van der Waals surface area contributed by atoms with E-state index in [2.05, 4.69) is 15.9 Å². The zero-order valence-corrected chi connectivity index (χ0v) is 12.3. The first-order valence-electron chi connectivity index (χ1n) is 5.52. The zero-order valence-electron chi connectivity index (χ0n) is 9.86. The quantitative estimate of drug-likeness (QED) is 0.780. The molecule has 1 heterocycles. The first-order valence-corrected chi connectivity index (χ1v) is 7.75. The van der Waals surface area contributed by atoms with E-state index < -0.39 is 15.8 Å². The fraction of sp³-hybridized carbons (Fsp3) is 0.333. The summed E-state index contributed by atoms with van der Waals surface area (Å²) in [6.07, 6.45) is 2.64. The van der Waals surface area contributed by atoms with Crippen LogP contribution in [0.3, 0.4) is 0 Å². The van der Waals surface area contributed by atoms with E-state index in [0.29, 0.717) is 13.1 Å². The molecule has 1 aliphatic heterocycles. The van der Waals surface area contributed by atoms with Gasteiger partial charge in [0, 0.05) is 17.6 Å². The summed E-state index contributed by atoms with van der Waals surface area (Å²) in [4.78, 5) is 0.108. The molecule has 6 heteroatoms. The van der Waals surface area contributed by atoms with Gasteiger partial charge < -0.3 is 0 Å². The Balaban J connectivity index is 2.37. The fourth-order valence-corrected chi connectivity index (χ4v) is 4.18. The van der Waals surface area contributed by atoms with Gasteiger partial charge in [0.2, 0.25) is 10.0 Å². The summed E-state index contributed by atoms with van der Waals surface area (Å²) in [5.74, 6) is -0.463. The van der Waals surface area contributed by atoms with Crippen LogP contribution in [0, 0.1) is 5.82 Å².